The molecule has 2 aliphatic rings. The number of hydrogen-bond donors (Lipinski definition) is 1. The zero-order valence-corrected chi connectivity index (χ0v) is 15.8. The number of benzene rings is 1. The van der Waals surface area contributed by atoms with Gasteiger partial charge in [0.1, 0.15) is 11.4 Å². The number of Topliss-reactive ketones (excluding diaryl/α,β-unsaturated/α-hetero) is 1. The van der Waals surface area contributed by atoms with E-state index in [1.54, 1.807) is 12.3 Å². The van der Waals surface area contributed by atoms with Gasteiger partial charge in [0, 0.05) is 30.8 Å². The number of carbonyl (C=O) groups is 2. The predicted molar refractivity (Wildman–Crippen MR) is 103 cm³/mol. The van der Waals surface area contributed by atoms with Gasteiger partial charge in [-0.3, -0.25) is 9.78 Å². The quantitative estimate of drug-likeness (QED) is 0.797. The number of nitrogens with one attached hydrogen (secondary N) is 1. The number of hydrogen-bond acceptors (Lipinski definition) is 6. The molecule has 7 heteroatoms. The van der Waals surface area contributed by atoms with E-state index in [1.807, 2.05) is 18.2 Å². The molecule has 0 radical (unpaired) electrons. The minimum absolute atomic E-state index is 0. The highest BCUT2D eigenvalue weighted by Gasteiger charge is 2.41. The summed E-state index contributed by atoms with van der Waals surface area (Å²) >= 11 is 0. The maximum absolute atomic E-state index is 12.8. The molecule has 0 bridgehead atoms. The summed E-state index contributed by atoms with van der Waals surface area (Å²) < 4.78 is 11.0. The number of piperidine rings is 1. The van der Waals surface area contributed by atoms with Gasteiger partial charge in [-0.2, -0.15) is 0 Å². The van der Waals surface area contributed by atoms with Gasteiger partial charge in [-0.05, 0) is 36.9 Å². The molecule has 0 aliphatic carbocycles. The molecule has 4 rings (SSSR count). The predicted octanol–water partition coefficient (Wildman–Crippen LogP) is 3.04. The summed E-state index contributed by atoms with van der Waals surface area (Å²) in [6.07, 6.45) is 5.21. The highest BCUT2D eigenvalue weighted by atomic mass is 35.5. The molecule has 1 spiro atoms. The topological polar surface area (TPSA) is 77.5 Å². The van der Waals surface area contributed by atoms with Gasteiger partial charge >= 0.3 is 5.97 Å². The highest BCUT2D eigenvalue weighted by Crippen LogP contribution is 2.39. The van der Waals surface area contributed by atoms with Crippen LogP contribution in [0.5, 0.6) is 5.75 Å². The number of ether oxygens (including phenoxy) is 2. The second-order valence-corrected chi connectivity index (χ2v) is 6.80. The van der Waals surface area contributed by atoms with Gasteiger partial charge in [0.2, 0.25) is 0 Å². The highest BCUT2D eigenvalue weighted by molar-refractivity contribution is 6.01. The second-order valence-electron chi connectivity index (χ2n) is 6.80. The lowest BCUT2D eigenvalue weighted by Gasteiger charge is -2.41. The fourth-order valence-corrected chi connectivity index (χ4v) is 3.66. The molecule has 0 unspecified atom stereocenters. The average molecular weight is 389 g/mol. The van der Waals surface area contributed by atoms with Crippen LogP contribution in [0.25, 0.3) is 11.1 Å². The number of aromatic nitrogens is 1. The van der Waals surface area contributed by atoms with E-state index < -0.39 is 5.97 Å². The summed E-state index contributed by atoms with van der Waals surface area (Å²) in [6.45, 7) is 1.74. The van der Waals surface area contributed by atoms with E-state index in [1.165, 1.54) is 13.3 Å². The van der Waals surface area contributed by atoms with E-state index in [4.69, 9.17) is 9.47 Å². The van der Waals surface area contributed by atoms with E-state index >= 15 is 0 Å². The molecular weight excluding hydrogens is 368 g/mol. The largest absolute Gasteiger partial charge is 0.486 e. The lowest BCUT2D eigenvalue weighted by atomic mass is 9.82. The Labute approximate surface area is 163 Å². The molecule has 2 aromatic rings. The van der Waals surface area contributed by atoms with Gasteiger partial charge in [0.25, 0.3) is 0 Å². The van der Waals surface area contributed by atoms with Crippen molar-refractivity contribution in [3.05, 3.63) is 47.8 Å². The number of pyridine rings is 1. The fourth-order valence-electron chi connectivity index (χ4n) is 3.66. The Morgan fingerprint density at radius 1 is 1.19 bits per heavy atom. The Morgan fingerprint density at radius 3 is 2.70 bits per heavy atom. The zero-order chi connectivity index (χ0) is 18.1. The molecule has 27 heavy (non-hydrogen) atoms. The van der Waals surface area contributed by atoms with Crippen molar-refractivity contribution in [1.29, 1.82) is 0 Å². The Hall–Kier alpha value is -2.44. The fraction of sp³-hybridized carbons (Fsp3) is 0.350. The molecule has 1 fully saturated rings. The van der Waals surface area contributed by atoms with Gasteiger partial charge in [-0.25, -0.2) is 4.79 Å². The summed E-state index contributed by atoms with van der Waals surface area (Å²) in [7, 11) is 1.33. The summed E-state index contributed by atoms with van der Waals surface area (Å²) in [5, 5.41) is 3.31. The minimum Gasteiger partial charge on any atom is -0.486 e. The summed E-state index contributed by atoms with van der Waals surface area (Å²) in [5.41, 5.74) is 2.17. The third-order valence-corrected chi connectivity index (χ3v) is 5.10. The number of methoxy groups -OCH3 is 1. The Balaban J connectivity index is 0.00000210. The van der Waals surface area contributed by atoms with Crippen molar-refractivity contribution in [3.63, 3.8) is 0 Å². The SMILES string of the molecule is COC(=O)c1cncc(-c2ccc3c(c2)C(=O)CC2(CCNCC2)O3)c1.Cl. The van der Waals surface area contributed by atoms with Crippen LogP contribution in [0.4, 0.5) is 0 Å². The zero-order valence-electron chi connectivity index (χ0n) is 15.0. The number of rotatable bonds is 2. The van der Waals surface area contributed by atoms with Crippen LogP contribution in [-0.4, -0.2) is 42.5 Å². The van der Waals surface area contributed by atoms with E-state index in [0.717, 1.165) is 37.1 Å². The van der Waals surface area contributed by atoms with Crippen molar-refractivity contribution >= 4 is 24.2 Å². The van der Waals surface area contributed by atoms with Crippen molar-refractivity contribution in [3.8, 4) is 16.9 Å². The maximum Gasteiger partial charge on any atom is 0.339 e. The van der Waals surface area contributed by atoms with Crippen molar-refractivity contribution in [2.45, 2.75) is 24.9 Å². The van der Waals surface area contributed by atoms with Crippen LogP contribution in [0.2, 0.25) is 0 Å². The van der Waals surface area contributed by atoms with Crippen LogP contribution in [0, 0.1) is 0 Å². The molecule has 0 saturated carbocycles. The number of esters is 1. The van der Waals surface area contributed by atoms with Crippen LogP contribution < -0.4 is 10.1 Å². The first kappa shape index (κ1) is 19.3. The number of halogens is 1. The Morgan fingerprint density at radius 2 is 1.96 bits per heavy atom. The van der Waals surface area contributed by atoms with Crippen LogP contribution in [0.15, 0.2) is 36.7 Å². The number of nitrogens with zero attached hydrogens (tertiary/aromatic N) is 1. The van der Waals surface area contributed by atoms with E-state index in [-0.39, 0.29) is 23.8 Å². The van der Waals surface area contributed by atoms with Crippen LogP contribution in [0.3, 0.4) is 0 Å². The molecule has 3 heterocycles. The van der Waals surface area contributed by atoms with Gasteiger partial charge in [0.15, 0.2) is 5.78 Å². The lowest BCUT2D eigenvalue weighted by Crippen LogP contribution is -2.49. The smallest absolute Gasteiger partial charge is 0.339 e. The first-order valence-corrected chi connectivity index (χ1v) is 8.71. The molecule has 0 amide bonds. The van der Waals surface area contributed by atoms with Gasteiger partial charge in [-0.15, -0.1) is 12.4 Å². The first-order valence-electron chi connectivity index (χ1n) is 8.71. The van der Waals surface area contributed by atoms with Crippen molar-refractivity contribution in [2.75, 3.05) is 20.2 Å². The van der Waals surface area contributed by atoms with E-state index in [0.29, 0.717) is 23.3 Å². The number of fused-ring (bicyclic) bond motifs is 1. The lowest BCUT2D eigenvalue weighted by molar-refractivity contribution is 0.0187. The molecule has 1 saturated heterocycles. The molecule has 1 N–H and O–H groups in total. The summed E-state index contributed by atoms with van der Waals surface area (Å²) in [5.74, 6) is 0.306. The van der Waals surface area contributed by atoms with Crippen molar-refractivity contribution < 1.29 is 19.1 Å². The Bertz CT molecular complexity index is 878. The third-order valence-electron chi connectivity index (χ3n) is 5.10. The van der Waals surface area contributed by atoms with Crippen molar-refractivity contribution in [1.82, 2.24) is 10.3 Å². The molecule has 2 aliphatic heterocycles. The van der Waals surface area contributed by atoms with Crippen LogP contribution >= 0.6 is 12.4 Å². The minimum atomic E-state index is -0.440. The third kappa shape index (κ3) is 3.68. The van der Waals surface area contributed by atoms with Gasteiger partial charge in [-0.1, -0.05) is 6.07 Å². The summed E-state index contributed by atoms with van der Waals surface area (Å²) in [4.78, 5) is 28.6. The summed E-state index contributed by atoms with van der Waals surface area (Å²) in [6, 6.07) is 7.27. The number of carbonyl (C=O) groups excluding carboxylic acids is 2. The van der Waals surface area contributed by atoms with Crippen LogP contribution in [0.1, 0.15) is 40.0 Å². The number of ketones is 1. The molecular formula is C20H21ClN2O4. The molecule has 142 valence electrons. The Kier molecular flexibility index (Phi) is 5.48. The van der Waals surface area contributed by atoms with E-state index in [2.05, 4.69) is 10.3 Å². The van der Waals surface area contributed by atoms with E-state index in [9.17, 15) is 9.59 Å². The van der Waals surface area contributed by atoms with Crippen LogP contribution in [-0.2, 0) is 4.74 Å². The van der Waals surface area contributed by atoms with Gasteiger partial charge < -0.3 is 14.8 Å². The molecule has 6 nitrogen and oxygen atoms in total. The van der Waals surface area contributed by atoms with Crippen molar-refractivity contribution in [2.24, 2.45) is 0 Å². The average Bonchev–Trinajstić information content (AvgIpc) is 2.68. The van der Waals surface area contributed by atoms with Gasteiger partial charge in [0.05, 0.1) is 24.7 Å². The maximum atomic E-state index is 12.8. The standard InChI is InChI=1S/C20H20N2O4.ClH/c1-25-19(24)15-8-14(11-22-12-15)13-2-3-18-16(9-13)17(23)10-20(26-18)4-6-21-7-5-20;/h2-3,8-9,11-12,21H,4-7,10H2,1H3;1H. The molecule has 1 aromatic carbocycles. The molecule has 0 atom stereocenters. The monoisotopic (exact) mass is 388 g/mol. The molecule has 1 aromatic heterocycles. The normalized spacial score (nSPS) is 17.4. The second kappa shape index (κ2) is 7.66. The first-order chi connectivity index (χ1) is 12.6.